The molecule has 0 atom stereocenters. The Morgan fingerprint density at radius 3 is 2.33 bits per heavy atom. The summed E-state index contributed by atoms with van der Waals surface area (Å²) >= 11 is 3.63. The number of nitrogens with one attached hydrogen (secondary N) is 1. The van der Waals surface area contributed by atoms with Crippen molar-refractivity contribution in [3.8, 4) is 11.5 Å². The van der Waals surface area contributed by atoms with Gasteiger partial charge in [-0.15, -0.1) is 0 Å². The number of halogens is 1. The van der Waals surface area contributed by atoms with Crippen LogP contribution in [0.3, 0.4) is 0 Å². The van der Waals surface area contributed by atoms with E-state index in [1.54, 1.807) is 0 Å². The average molecular weight is 358 g/mol. The van der Waals surface area contributed by atoms with Crippen LogP contribution in [0.15, 0.2) is 16.6 Å². The minimum atomic E-state index is 0.222. The lowest BCUT2D eigenvalue weighted by Gasteiger charge is -2.21. The zero-order valence-corrected chi connectivity index (χ0v) is 15.4. The van der Waals surface area contributed by atoms with Crippen LogP contribution in [-0.4, -0.2) is 18.8 Å². The third-order valence-corrected chi connectivity index (χ3v) is 3.87. The summed E-state index contributed by atoms with van der Waals surface area (Å²) in [4.78, 5) is 0. The van der Waals surface area contributed by atoms with Crippen molar-refractivity contribution in [2.75, 3.05) is 6.61 Å². The Balaban J connectivity index is 3.00. The second kappa shape index (κ2) is 9.31. The lowest BCUT2D eigenvalue weighted by Crippen LogP contribution is -2.22. The van der Waals surface area contributed by atoms with Crippen LogP contribution < -0.4 is 14.8 Å². The van der Waals surface area contributed by atoms with Crippen molar-refractivity contribution in [3.63, 3.8) is 0 Å². The van der Waals surface area contributed by atoms with Gasteiger partial charge < -0.3 is 14.8 Å². The number of hydrogen-bond donors (Lipinski definition) is 1. The maximum Gasteiger partial charge on any atom is 0.175 e. The van der Waals surface area contributed by atoms with Crippen LogP contribution >= 0.6 is 15.9 Å². The standard InChI is InChI=1S/C17H28BrNO2/c1-6-14(7-2)21-17-15(18)9-13(11-19-12(4)5)10-16(17)20-8-3/h9-10,12,14,19H,6-8,11H2,1-5H3. The molecule has 0 spiro atoms. The van der Waals surface area contributed by atoms with E-state index in [1.165, 1.54) is 5.56 Å². The first-order valence-electron chi connectivity index (χ1n) is 7.86. The van der Waals surface area contributed by atoms with Gasteiger partial charge in [0.1, 0.15) is 0 Å². The number of rotatable bonds is 9. The smallest absolute Gasteiger partial charge is 0.175 e. The molecule has 1 rings (SSSR count). The van der Waals surface area contributed by atoms with E-state index in [4.69, 9.17) is 9.47 Å². The molecule has 0 saturated carbocycles. The van der Waals surface area contributed by atoms with Crippen LogP contribution in [0, 0.1) is 0 Å². The summed E-state index contributed by atoms with van der Waals surface area (Å²) < 4.78 is 12.8. The van der Waals surface area contributed by atoms with Gasteiger partial charge in [0, 0.05) is 12.6 Å². The van der Waals surface area contributed by atoms with Gasteiger partial charge in [0.15, 0.2) is 11.5 Å². The van der Waals surface area contributed by atoms with Crippen molar-refractivity contribution in [1.82, 2.24) is 5.32 Å². The molecule has 0 radical (unpaired) electrons. The quantitative estimate of drug-likeness (QED) is 0.680. The van der Waals surface area contributed by atoms with Gasteiger partial charge in [0.2, 0.25) is 0 Å². The van der Waals surface area contributed by atoms with Crippen molar-refractivity contribution in [2.24, 2.45) is 0 Å². The fourth-order valence-electron chi connectivity index (χ4n) is 2.04. The van der Waals surface area contributed by atoms with Crippen molar-refractivity contribution in [1.29, 1.82) is 0 Å². The summed E-state index contributed by atoms with van der Waals surface area (Å²) in [5.74, 6) is 1.64. The maximum absolute atomic E-state index is 6.12. The molecule has 3 nitrogen and oxygen atoms in total. The fourth-order valence-corrected chi connectivity index (χ4v) is 2.63. The summed E-state index contributed by atoms with van der Waals surface area (Å²) in [5.41, 5.74) is 1.19. The van der Waals surface area contributed by atoms with Crippen molar-refractivity contribution in [3.05, 3.63) is 22.2 Å². The van der Waals surface area contributed by atoms with E-state index in [2.05, 4.69) is 61.1 Å². The van der Waals surface area contributed by atoms with E-state index < -0.39 is 0 Å². The van der Waals surface area contributed by atoms with Crippen molar-refractivity contribution < 1.29 is 9.47 Å². The van der Waals surface area contributed by atoms with Gasteiger partial charge >= 0.3 is 0 Å². The Hall–Kier alpha value is -0.740. The molecule has 0 aliphatic rings. The van der Waals surface area contributed by atoms with Crippen molar-refractivity contribution in [2.45, 2.75) is 66.2 Å². The van der Waals surface area contributed by atoms with Gasteiger partial charge in [-0.1, -0.05) is 27.7 Å². The van der Waals surface area contributed by atoms with E-state index in [1.807, 2.05) is 6.92 Å². The summed E-state index contributed by atoms with van der Waals surface area (Å²) in [6.07, 6.45) is 2.20. The second-order valence-corrected chi connectivity index (χ2v) is 6.28. The summed E-state index contributed by atoms with van der Waals surface area (Å²) in [5, 5.41) is 3.42. The van der Waals surface area contributed by atoms with Crippen LogP contribution in [0.25, 0.3) is 0 Å². The van der Waals surface area contributed by atoms with Crippen LogP contribution in [0.4, 0.5) is 0 Å². The molecule has 1 N–H and O–H groups in total. The lowest BCUT2D eigenvalue weighted by molar-refractivity contribution is 0.180. The highest BCUT2D eigenvalue weighted by molar-refractivity contribution is 9.10. The predicted octanol–water partition coefficient (Wildman–Crippen LogP) is 4.91. The first kappa shape index (κ1) is 18.3. The largest absolute Gasteiger partial charge is 0.490 e. The normalized spacial score (nSPS) is 11.2. The molecule has 0 aromatic heterocycles. The molecule has 0 bridgehead atoms. The Kier molecular flexibility index (Phi) is 8.12. The van der Waals surface area contributed by atoms with Crippen LogP contribution in [0.1, 0.15) is 53.0 Å². The van der Waals surface area contributed by atoms with Gasteiger partial charge in [-0.25, -0.2) is 0 Å². The van der Waals surface area contributed by atoms with Gasteiger partial charge in [0.05, 0.1) is 17.2 Å². The molecular weight excluding hydrogens is 330 g/mol. The maximum atomic E-state index is 6.12. The van der Waals surface area contributed by atoms with Gasteiger partial charge in [-0.2, -0.15) is 0 Å². The molecule has 4 heteroatoms. The minimum absolute atomic E-state index is 0.222. The average Bonchev–Trinajstić information content (AvgIpc) is 2.45. The van der Waals surface area contributed by atoms with Gasteiger partial charge in [-0.3, -0.25) is 0 Å². The van der Waals surface area contributed by atoms with E-state index in [-0.39, 0.29) is 6.10 Å². The molecule has 0 unspecified atom stereocenters. The number of benzene rings is 1. The first-order chi connectivity index (χ1) is 10.0. The lowest BCUT2D eigenvalue weighted by atomic mass is 10.1. The zero-order chi connectivity index (χ0) is 15.8. The summed E-state index contributed by atoms with van der Waals surface area (Å²) in [6.45, 7) is 12.0. The molecule has 1 aromatic carbocycles. The third-order valence-electron chi connectivity index (χ3n) is 3.28. The Labute approximate surface area is 137 Å². The predicted molar refractivity (Wildman–Crippen MR) is 92.3 cm³/mol. The highest BCUT2D eigenvalue weighted by Crippen LogP contribution is 2.38. The van der Waals surface area contributed by atoms with Crippen LogP contribution in [0.5, 0.6) is 11.5 Å². The Morgan fingerprint density at radius 2 is 1.81 bits per heavy atom. The van der Waals surface area contributed by atoms with Crippen LogP contribution in [-0.2, 0) is 6.54 Å². The van der Waals surface area contributed by atoms with E-state index in [0.717, 1.165) is 35.4 Å². The second-order valence-electron chi connectivity index (χ2n) is 5.43. The van der Waals surface area contributed by atoms with Gasteiger partial charge in [0.25, 0.3) is 0 Å². The molecule has 0 aliphatic heterocycles. The SMILES string of the molecule is CCOc1cc(CNC(C)C)cc(Br)c1OC(CC)CC. The molecular formula is C17H28BrNO2. The highest BCUT2D eigenvalue weighted by Gasteiger charge is 2.16. The molecule has 0 heterocycles. The minimum Gasteiger partial charge on any atom is -0.490 e. The van der Waals surface area contributed by atoms with E-state index in [0.29, 0.717) is 12.6 Å². The first-order valence-corrected chi connectivity index (χ1v) is 8.66. The van der Waals surface area contributed by atoms with Crippen LogP contribution in [0.2, 0.25) is 0 Å². The van der Waals surface area contributed by atoms with E-state index >= 15 is 0 Å². The highest BCUT2D eigenvalue weighted by atomic mass is 79.9. The fraction of sp³-hybridized carbons (Fsp3) is 0.647. The molecule has 120 valence electrons. The molecule has 0 fully saturated rings. The Morgan fingerprint density at radius 1 is 1.14 bits per heavy atom. The molecule has 0 amide bonds. The molecule has 21 heavy (non-hydrogen) atoms. The monoisotopic (exact) mass is 357 g/mol. The zero-order valence-electron chi connectivity index (χ0n) is 13.8. The molecule has 0 saturated heterocycles. The molecule has 0 aliphatic carbocycles. The van der Waals surface area contributed by atoms with E-state index in [9.17, 15) is 0 Å². The molecule has 1 aromatic rings. The van der Waals surface area contributed by atoms with Crippen molar-refractivity contribution >= 4 is 15.9 Å². The Bertz CT molecular complexity index is 431. The number of hydrogen-bond acceptors (Lipinski definition) is 3. The summed E-state index contributed by atoms with van der Waals surface area (Å²) in [7, 11) is 0. The number of ether oxygens (including phenoxy) is 2. The third kappa shape index (κ3) is 5.87. The topological polar surface area (TPSA) is 30.5 Å². The summed E-state index contributed by atoms with van der Waals surface area (Å²) in [6, 6.07) is 4.64. The van der Waals surface area contributed by atoms with Gasteiger partial charge in [-0.05, 0) is 53.4 Å².